The maximum absolute atomic E-state index is 15.0. The zero-order valence-electron chi connectivity index (χ0n) is 23.3. The van der Waals surface area contributed by atoms with E-state index >= 15 is 0 Å². The monoisotopic (exact) mass is 604 g/mol. The van der Waals surface area contributed by atoms with E-state index in [0.717, 1.165) is 11.1 Å². The van der Waals surface area contributed by atoms with E-state index in [9.17, 15) is 14.0 Å². The minimum absolute atomic E-state index is 0.0121. The third-order valence-corrected chi connectivity index (χ3v) is 7.51. The first-order chi connectivity index (χ1) is 20.8. The molecule has 3 aromatic heterocycles. The molecule has 5 aromatic rings. The highest BCUT2D eigenvalue weighted by molar-refractivity contribution is 7.21. The molecule has 12 nitrogen and oxygen atoms in total. The van der Waals surface area contributed by atoms with E-state index in [1.54, 1.807) is 31.3 Å². The van der Waals surface area contributed by atoms with Gasteiger partial charge in [0.1, 0.15) is 30.1 Å². The standard InChI is InChI=1S/C29H25FN6O6S/c1-15-8-18(26-21(9-15)34-25(39-3)13-32-26)27-35-20-10-19(30)22(11-23(20)43-27)42-16(2)14-41-28(37)33-17-4-5-24(31-12-17)36-6-7-40-29(36)38/h4-5,8-13,16H,6-7,14H2,1-3H3,(H,33,37)/t16-/m0/s1. The predicted molar refractivity (Wildman–Crippen MR) is 157 cm³/mol. The highest BCUT2D eigenvalue weighted by atomic mass is 32.1. The SMILES string of the molecule is COc1cnc2c(-c3nc4cc(F)c(O[C@@H](C)COC(=O)Nc5ccc(N6CCOC6=O)nc5)cc4s3)cc(C)cc2n1. The maximum Gasteiger partial charge on any atom is 0.415 e. The van der Waals surface area contributed by atoms with Gasteiger partial charge in [0.05, 0.1) is 53.0 Å². The Morgan fingerprint density at radius 3 is 2.77 bits per heavy atom. The molecule has 1 saturated heterocycles. The highest BCUT2D eigenvalue weighted by Crippen LogP contribution is 2.37. The van der Waals surface area contributed by atoms with Crippen molar-refractivity contribution in [1.29, 1.82) is 0 Å². The number of aryl methyl sites for hydroxylation is 1. The number of hydrogen-bond donors (Lipinski definition) is 1. The number of carbonyl (C=O) groups is 2. The van der Waals surface area contributed by atoms with Gasteiger partial charge in [-0.1, -0.05) is 0 Å². The number of rotatable bonds is 8. The van der Waals surface area contributed by atoms with E-state index in [1.807, 2.05) is 19.1 Å². The van der Waals surface area contributed by atoms with Gasteiger partial charge in [-0.25, -0.2) is 33.9 Å². The van der Waals surface area contributed by atoms with Crippen molar-refractivity contribution >= 4 is 56.3 Å². The Kier molecular flexibility index (Phi) is 7.59. The van der Waals surface area contributed by atoms with Crippen LogP contribution < -0.4 is 19.7 Å². The first-order valence-corrected chi connectivity index (χ1v) is 14.0. The van der Waals surface area contributed by atoms with Crippen molar-refractivity contribution in [3.05, 3.63) is 60.2 Å². The van der Waals surface area contributed by atoms with Gasteiger partial charge in [0.25, 0.3) is 0 Å². The van der Waals surface area contributed by atoms with Gasteiger partial charge >= 0.3 is 12.2 Å². The topological polar surface area (TPSA) is 138 Å². The van der Waals surface area contributed by atoms with Crippen molar-refractivity contribution < 1.29 is 32.9 Å². The van der Waals surface area contributed by atoms with Gasteiger partial charge in [0.15, 0.2) is 11.6 Å². The lowest BCUT2D eigenvalue weighted by Gasteiger charge is -2.16. The third kappa shape index (κ3) is 5.95. The average molecular weight is 605 g/mol. The van der Waals surface area contributed by atoms with Crippen molar-refractivity contribution in [2.45, 2.75) is 20.0 Å². The van der Waals surface area contributed by atoms with Crippen molar-refractivity contribution in [3.63, 3.8) is 0 Å². The number of ether oxygens (including phenoxy) is 4. The van der Waals surface area contributed by atoms with E-state index < -0.39 is 24.1 Å². The molecule has 43 heavy (non-hydrogen) atoms. The van der Waals surface area contributed by atoms with Crippen molar-refractivity contribution in [2.24, 2.45) is 0 Å². The van der Waals surface area contributed by atoms with Gasteiger partial charge in [-0.2, -0.15) is 0 Å². The summed E-state index contributed by atoms with van der Waals surface area (Å²) in [6.07, 6.45) is 1.09. The van der Waals surface area contributed by atoms with Crippen LogP contribution in [0.4, 0.5) is 25.5 Å². The van der Waals surface area contributed by atoms with Crippen LogP contribution in [0.1, 0.15) is 12.5 Å². The van der Waals surface area contributed by atoms with Gasteiger partial charge in [-0.15, -0.1) is 11.3 Å². The van der Waals surface area contributed by atoms with Gasteiger partial charge < -0.3 is 18.9 Å². The summed E-state index contributed by atoms with van der Waals surface area (Å²) in [5.41, 5.74) is 3.94. The lowest BCUT2D eigenvalue weighted by atomic mass is 10.1. The summed E-state index contributed by atoms with van der Waals surface area (Å²) in [5.74, 6) is 0.244. The lowest BCUT2D eigenvalue weighted by Crippen LogP contribution is -2.25. The summed E-state index contributed by atoms with van der Waals surface area (Å²) in [5, 5.41) is 3.22. The summed E-state index contributed by atoms with van der Waals surface area (Å²) in [7, 11) is 1.53. The fraction of sp³-hybridized carbons (Fsp3) is 0.241. The molecule has 6 rings (SSSR count). The average Bonchev–Trinajstić information content (AvgIpc) is 3.61. The number of halogens is 1. The van der Waals surface area contributed by atoms with E-state index in [4.69, 9.17) is 18.9 Å². The van der Waals surface area contributed by atoms with Crippen molar-refractivity contribution in [3.8, 4) is 22.2 Å². The second kappa shape index (κ2) is 11.6. The van der Waals surface area contributed by atoms with Gasteiger partial charge in [0, 0.05) is 17.7 Å². The zero-order valence-corrected chi connectivity index (χ0v) is 24.1. The van der Waals surface area contributed by atoms with E-state index in [-0.39, 0.29) is 12.4 Å². The molecule has 220 valence electrons. The molecule has 0 aliphatic carbocycles. The Labute approximate surface area is 248 Å². The number of hydrogen-bond acceptors (Lipinski definition) is 11. The van der Waals surface area contributed by atoms with E-state index in [2.05, 4.69) is 25.3 Å². The Bertz CT molecular complexity index is 1850. The van der Waals surface area contributed by atoms with Gasteiger partial charge in [-0.3, -0.25) is 10.2 Å². The second-order valence-corrected chi connectivity index (χ2v) is 10.7. The number of nitrogens with one attached hydrogen (secondary N) is 1. The number of amides is 2. The number of pyridine rings is 1. The molecule has 0 spiro atoms. The summed E-state index contributed by atoms with van der Waals surface area (Å²) in [6.45, 7) is 4.18. The number of aromatic nitrogens is 4. The molecular formula is C29H25FN6O6S. The van der Waals surface area contributed by atoms with Crippen LogP contribution in [-0.2, 0) is 9.47 Å². The Morgan fingerprint density at radius 2 is 2.02 bits per heavy atom. The van der Waals surface area contributed by atoms with Crippen LogP contribution in [0.25, 0.3) is 31.8 Å². The minimum atomic E-state index is -0.736. The smallest absolute Gasteiger partial charge is 0.415 e. The molecule has 1 atom stereocenters. The number of carbonyl (C=O) groups excluding carboxylic acids is 2. The molecule has 1 aliphatic heterocycles. The first kappa shape index (κ1) is 28.0. The molecule has 2 amide bonds. The summed E-state index contributed by atoms with van der Waals surface area (Å²) in [4.78, 5) is 43.2. The predicted octanol–water partition coefficient (Wildman–Crippen LogP) is 5.73. The third-order valence-electron chi connectivity index (χ3n) is 6.46. The lowest BCUT2D eigenvalue weighted by molar-refractivity contribution is 0.0969. The number of nitrogens with zero attached hydrogens (tertiary/aromatic N) is 5. The van der Waals surface area contributed by atoms with Crippen LogP contribution in [0.15, 0.2) is 48.8 Å². The van der Waals surface area contributed by atoms with E-state index in [0.29, 0.717) is 56.8 Å². The zero-order chi connectivity index (χ0) is 30.1. The van der Waals surface area contributed by atoms with Crippen LogP contribution in [-0.4, -0.2) is 65.1 Å². The van der Waals surface area contributed by atoms with Gasteiger partial charge in [0.2, 0.25) is 5.88 Å². The number of cyclic esters (lactones) is 1. The Morgan fingerprint density at radius 1 is 1.16 bits per heavy atom. The molecule has 0 unspecified atom stereocenters. The number of fused-ring (bicyclic) bond motifs is 2. The quantitative estimate of drug-likeness (QED) is 0.234. The number of thiazole rings is 1. The molecular weight excluding hydrogens is 579 g/mol. The molecule has 2 aromatic carbocycles. The highest BCUT2D eigenvalue weighted by Gasteiger charge is 2.24. The minimum Gasteiger partial charge on any atom is -0.484 e. The second-order valence-electron chi connectivity index (χ2n) is 9.68. The largest absolute Gasteiger partial charge is 0.484 e. The molecule has 0 saturated carbocycles. The molecule has 14 heteroatoms. The Hall–Kier alpha value is -5.11. The van der Waals surface area contributed by atoms with Crippen LogP contribution in [0.5, 0.6) is 11.6 Å². The number of anilines is 2. The van der Waals surface area contributed by atoms with Crippen molar-refractivity contribution in [1.82, 2.24) is 19.9 Å². The van der Waals surface area contributed by atoms with Crippen LogP contribution >= 0.6 is 11.3 Å². The molecule has 0 radical (unpaired) electrons. The molecule has 4 heterocycles. The Balaban J connectivity index is 1.11. The van der Waals surface area contributed by atoms with E-state index in [1.165, 1.54) is 35.6 Å². The molecule has 1 fully saturated rings. The normalized spacial score (nSPS) is 13.7. The first-order valence-electron chi connectivity index (χ1n) is 13.2. The van der Waals surface area contributed by atoms with Crippen LogP contribution in [0.2, 0.25) is 0 Å². The molecule has 1 aliphatic rings. The number of methoxy groups -OCH3 is 1. The summed E-state index contributed by atoms with van der Waals surface area (Å²) >= 11 is 1.38. The summed E-state index contributed by atoms with van der Waals surface area (Å²) in [6, 6.07) is 9.95. The molecule has 0 bridgehead atoms. The number of benzene rings is 2. The fourth-order valence-corrected chi connectivity index (χ4v) is 5.46. The van der Waals surface area contributed by atoms with Gasteiger partial charge in [-0.05, 0) is 43.7 Å². The van der Waals surface area contributed by atoms with Crippen molar-refractivity contribution in [2.75, 3.05) is 37.1 Å². The summed E-state index contributed by atoms with van der Waals surface area (Å²) < 4.78 is 36.8. The fourth-order valence-electron chi connectivity index (χ4n) is 4.46. The molecule has 1 N–H and O–H groups in total. The van der Waals surface area contributed by atoms with Crippen LogP contribution in [0, 0.1) is 12.7 Å². The van der Waals surface area contributed by atoms with Crippen LogP contribution in [0.3, 0.4) is 0 Å². The maximum atomic E-state index is 15.0.